The maximum absolute atomic E-state index is 4.78. The van der Waals surface area contributed by atoms with Crippen LogP contribution in [0.5, 0.6) is 0 Å². The van der Waals surface area contributed by atoms with Crippen molar-refractivity contribution >= 4 is 5.96 Å². The number of rotatable bonds is 10. The van der Waals surface area contributed by atoms with Crippen LogP contribution in [0.1, 0.15) is 38.2 Å². The van der Waals surface area contributed by atoms with Gasteiger partial charge in [0.2, 0.25) is 0 Å². The Morgan fingerprint density at radius 1 is 1.35 bits per heavy atom. The molecule has 0 aliphatic rings. The van der Waals surface area contributed by atoms with E-state index in [1.807, 2.05) is 35.2 Å². The monoisotopic (exact) mass is 354 g/mol. The van der Waals surface area contributed by atoms with Crippen molar-refractivity contribution < 1.29 is 0 Å². The quantitative estimate of drug-likeness (QED) is 0.307. The Kier molecular flexibility index (Phi) is 8.39. The Bertz CT molecular complexity index is 677. The maximum Gasteiger partial charge on any atom is 0.193 e. The molecule has 6 nitrogen and oxygen atoms in total. The number of aliphatic imine (C=N–C) groups is 1. The second-order valence-corrected chi connectivity index (χ2v) is 6.22. The number of allylic oxidation sites excluding steroid dienone is 1. The van der Waals surface area contributed by atoms with Crippen LogP contribution in [0, 0.1) is 0 Å². The van der Waals surface area contributed by atoms with E-state index in [-0.39, 0.29) is 0 Å². The highest BCUT2D eigenvalue weighted by Gasteiger charge is 2.06. The van der Waals surface area contributed by atoms with E-state index in [1.165, 1.54) is 12.8 Å². The minimum atomic E-state index is 0.618. The SMILES string of the molecule is C=CCCCCCN(C)C(=NCc1ccnc(-n2ccnc2)c1)NCC. The first-order chi connectivity index (χ1) is 12.7. The highest BCUT2D eigenvalue weighted by atomic mass is 15.3. The summed E-state index contributed by atoms with van der Waals surface area (Å²) >= 11 is 0. The van der Waals surface area contributed by atoms with Crippen molar-refractivity contribution in [1.29, 1.82) is 0 Å². The van der Waals surface area contributed by atoms with Gasteiger partial charge in [-0.3, -0.25) is 4.57 Å². The molecular weight excluding hydrogens is 324 g/mol. The fourth-order valence-electron chi connectivity index (χ4n) is 2.65. The van der Waals surface area contributed by atoms with E-state index in [2.05, 4.69) is 40.7 Å². The second-order valence-electron chi connectivity index (χ2n) is 6.22. The van der Waals surface area contributed by atoms with Gasteiger partial charge in [0.25, 0.3) is 0 Å². The zero-order valence-electron chi connectivity index (χ0n) is 15.9. The summed E-state index contributed by atoms with van der Waals surface area (Å²) in [7, 11) is 2.10. The third-order valence-corrected chi connectivity index (χ3v) is 4.09. The van der Waals surface area contributed by atoms with Crippen LogP contribution in [-0.2, 0) is 6.54 Å². The molecule has 0 amide bonds. The first-order valence-electron chi connectivity index (χ1n) is 9.28. The lowest BCUT2D eigenvalue weighted by Crippen LogP contribution is -2.39. The van der Waals surface area contributed by atoms with Gasteiger partial charge in [-0.25, -0.2) is 15.0 Å². The van der Waals surface area contributed by atoms with Crippen LogP contribution >= 0.6 is 0 Å². The third-order valence-electron chi connectivity index (χ3n) is 4.09. The first-order valence-corrected chi connectivity index (χ1v) is 9.28. The molecule has 2 heterocycles. The molecule has 6 heteroatoms. The molecule has 0 bridgehead atoms. The molecule has 2 aromatic rings. The Labute approximate surface area is 156 Å². The van der Waals surface area contributed by atoms with Crippen molar-refractivity contribution in [3.63, 3.8) is 0 Å². The number of aromatic nitrogens is 3. The van der Waals surface area contributed by atoms with Gasteiger partial charge in [-0.15, -0.1) is 6.58 Å². The number of nitrogens with one attached hydrogen (secondary N) is 1. The first kappa shape index (κ1) is 19.7. The minimum absolute atomic E-state index is 0.618. The third kappa shape index (κ3) is 6.35. The van der Waals surface area contributed by atoms with E-state index in [0.29, 0.717) is 6.54 Å². The van der Waals surface area contributed by atoms with Gasteiger partial charge < -0.3 is 10.2 Å². The Balaban J connectivity index is 1.95. The van der Waals surface area contributed by atoms with E-state index >= 15 is 0 Å². The maximum atomic E-state index is 4.78. The summed E-state index contributed by atoms with van der Waals surface area (Å²) in [5.41, 5.74) is 1.12. The summed E-state index contributed by atoms with van der Waals surface area (Å²) in [6.45, 7) is 8.34. The smallest absolute Gasteiger partial charge is 0.193 e. The van der Waals surface area contributed by atoms with Gasteiger partial charge >= 0.3 is 0 Å². The van der Waals surface area contributed by atoms with Crippen molar-refractivity contribution in [2.24, 2.45) is 4.99 Å². The fourth-order valence-corrected chi connectivity index (χ4v) is 2.65. The molecule has 2 aromatic heterocycles. The van der Waals surface area contributed by atoms with Crippen molar-refractivity contribution in [3.8, 4) is 5.82 Å². The molecule has 0 radical (unpaired) electrons. The zero-order valence-corrected chi connectivity index (χ0v) is 15.9. The number of hydrogen-bond donors (Lipinski definition) is 1. The predicted octanol–water partition coefficient (Wildman–Crippen LogP) is 3.41. The molecule has 0 aromatic carbocycles. The topological polar surface area (TPSA) is 58.3 Å². The highest BCUT2D eigenvalue weighted by Crippen LogP contribution is 2.08. The highest BCUT2D eigenvalue weighted by molar-refractivity contribution is 5.79. The summed E-state index contributed by atoms with van der Waals surface area (Å²) in [6, 6.07) is 4.05. The largest absolute Gasteiger partial charge is 0.357 e. The van der Waals surface area contributed by atoms with Crippen molar-refractivity contribution in [2.75, 3.05) is 20.1 Å². The molecule has 0 aliphatic carbocycles. The van der Waals surface area contributed by atoms with E-state index in [1.54, 1.807) is 12.5 Å². The van der Waals surface area contributed by atoms with E-state index < -0.39 is 0 Å². The van der Waals surface area contributed by atoms with Crippen LogP contribution in [0.3, 0.4) is 0 Å². The molecule has 0 atom stereocenters. The summed E-state index contributed by atoms with van der Waals surface area (Å²) in [4.78, 5) is 15.4. The van der Waals surface area contributed by atoms with E-state index in [4.69, 9.17) is 4.99 Å². The molecule has 0 fully saturated rings. The summed E-state index contributed by atoms with van der Waals surface area (Å²) < 4.78 is 1.90. The summed E-state index contributed by atoms with van der Waals surface area (Å²) in [5, 5.41) is 3.38. The molecule has 0 spiro atoms. The molecule has 26 heavy (non-hydrogen) atoms. The molecule has 0 saturated heterocycles. The van der Waals surface area contributed by atoms with Gasteiger partial charge in [0, 0.05) is 38.7 Å². The lowest BCUT2D eigenvalue weighted by atomic mass is 10.2. The molecular formula is C20H30N6. The average Bonchev–Trinajstić information content (AvgIpc) is 3.20. The van der Waals surface area contributed by atoms with Crippen molar-refractivity contribution in [2.45, 2.75) is 39.2 Å². The lowest BCUT2D eigenvalue weighted by molar-refractivity contribution is 0.455. The van der Waals surface area contributed by atoms with Gasteiger partial charge in [-0.1, -0.05) is 12.5 Å². The van der Waals surface area contributed by atoms with Crippen LogP contribution < -0.4 is 5.32 Å². The number of nitrogens with zero attached hydrogens (tertiary/aromatic N) is 5. The van der Waals surface area contributed by atoms with E-state index in [0.717, 1.165) is 43.3 Å². The van der Waals surface area contributed by atoms with Gasteiger partial charge in [0.15, 0.2) is 5.96 Å². The average molecular weight is 355 g/mol. The number of unbranched alkanes of at least 4 members (excludes halogenated alkanes) is 3. The Morgan fingerprint density at radius 2 is 2.23 bits per heavy atom. The molecule has 0 unspecified atom stereocenters. The van der Waals surface area contributed by atoms with Gasteiger partial charge in [0.05, 0.1) is 6.54 Å². The van der Waals surface area contributed by atoms with Crippen LogP contribution in [0.2, 0.25) is 0 Å². The zero-order chi connectivity index (χ0) is 18.6. The summed E-state index contributed by atoms with van der Waals surface area (Å²) in [5.74, 6) is 1.80. The molecule has 0 saturated carbocycles. The van der Waals surface area contributed by atoms with Gasteiger partial charge in [0.1, 0.15) is 12.1 Å². The van der Waals surface area contributed by atoms with Crippen molar-refractivity contribution in [1.82, 2.24) is 24.8 Å². The molecule has 0 aliphatic heterocycles. The predicted molar refractivity (Wildman–Crippen MR) is 107 cm³/mol. The van der Waals surface area contributed by atoms with Crippen molar-refractivity contribution in [3.05, 3.63) is 55.3 Å². The number of guanidine groups is 1. The number of imidazole rings is 1. The Hall–Kier alpha value is -2.63. The van der Waals surface area contributed by atoms with Crippen LogP contribution in [0.25, 0.3) is 5.82 Å². The molecule has 2 rings (SSSR count). The molecule has 1 N–H and O–H groups in total. The van der Waals surface area contributed by atoms with Crippen LogP contribution in [-0.4, -0.2) is 45.5 Å². The standard InChI is InChI=1S/C20H30N6/c1-4-6-7-8-9-13-25(3)20(22-5-2)24-16-18-10-11-23-19(15-18)26-14-12-21-17-26/h4,10-12,14-15,17H,1,5-9,13,16H2,2-3H3,(H,22,24). The van der Waals surface area contributed by atoms with Crippen LogP contribution in [0.15, 0.2) is 54.7 Å². The van der Waals surface area contributed by atoms with Gasteiger partial charge in [-0.2, -0.15) is 0 Å². The summed E-state index contributed by atoms with van der Waals surface area (Å²) in [6.07, 6.45) is 13.9. The normalized spacial score (nSPS) is 11.4. The van der Waals surface area contributed by atoms with Gasteiger partial charge in [-0.05, 0) is 43.9 Å². The van der Waals surface area contributed by atoms with E-state index in [9.17, 15) is 0 Å². The fraction of sp³-hybridized carbons (Fsp3) is 0.450. The Morgan fingerprint density at radius 3 is 2.96 bits per heavy atom. The second kappa shape index (κ2) is 11.1. The minimum Gasteiger partial charge on any atom is -0.357 e. The number of hydrogen-bond acceptors (Lipinski definition) is 3. The van der Waals surface area contributed by atoms with Crippen LogP contribution in [0.4, 0.5) is 0 Å². The molecule has 140 valence electrons. The number of pyridine rings is 1. The lowest BCUT2D eigenvalue weighted by Gasteiger charge is -2.22.